The quantitative estimate of drug-likeness (QED) is 0.686. The zero-order valence-electron chi connectivity index (χ0n) is 9.69. The molecule has 0 saturated carbocycles. The second-order valence-electron chi connectivity index (χ2n) is 5.11. The average molecular weight is 271 g/mol. The summed E-state index contributed by atoms with van der Waals surface area (Å²) < 4.78 is 1.30. The van der Waals surface area contributed by atoms with Gasteiger partial charge >= 0.3 is 0 Å². The van der Waals surface area contributed by atoms with Crippen LogP contribution in [0.2, 0.25) is 13.1 Å². The van der Waals surface area contributed by atoms with E-state index in [1.54, 1.807) is 5.19 Å². The van der Waals surface area contributed by atoms with E-state index in [9.17, 15) is 0 Å². The first kappa shape index (κ1) is 12.0. The molecule has 0 unspecified atom stereocenters. The summed E-state index contributed by atoms with van der Waals surface area (Å²) in [6, 6.07) is 6.58. The van der Waals surface area contributed by atoms with Gasteiger partial charge in [-0.25, -0.2) is 0 Å². The third kappa shape index (κ3) is 2.48. The minimum absolute atomic E-state index is 0.260. The first-order valence-electron chi connectivity index (χ1n) is 5.13. The lowest BCUT2D eigenvalue weighted by atomic mass is 9.87. The van der Waals surface area contributed by atoms with Crippen molar-refractivity contribution >= 4 is 29.9 Å². The fourth-order valence-corrected chi connectivity index (χ4v) is 5.32. The highest BCUT2D eigenvalue weighted by molar-refractivity contribution is 9.10. The van der Waals surface area contributed by atoms with Gasteiger partial charge in [0.1, 0.15) is 0 Å². The standard InChI is InChI=1S/C12H19BrSi/c1-12(2,3)9-7-6-8-10(13)11(9)14(4)5/h6-8,14H,1-5H3. The van der Waals surface area contributed by atoms with Crippen LogP contribution in [0.15, 0.2) is 22.7 Å². The zero-order valence-corrected chi connectivity index (χ0v) is 12.4. The summed E-state index contributed by atoms with van der Waals surface area (Å²) in [5.74, 6) is 0. The van der Waals surface area contributed by atoms with Crippen LogP contribution in [-0.4, -0.2) is 8.80 Å². The summed E-state index contributed by atoms with van der Waals surface area (Å²) in [6.07, 6.45) is 0. The Bertz CT molecular complexity index is 324. The van der Waals surface area contributed by atoms with Gasteiger partial charge in [0.15, 0.2) is 0 Å². The maximum absolute atomic E-state index is 3.67. The first-order chi connectivity index (χ1) is 6.34. The molecule has 0 N–H and O–H groups in total. The number of hydrogen-bond donors (Lipinski definition) is 0. The normalized spacial score (nSPS) is 12.2. The van der Waals surface area contributed by atoms with Gasteiger partial charge in [-0.05, 0) is 22.2 Å². The van der Waals surface area contributed by atoms with Gasteiger partial charge in [-0.2, -0.15) is 0 Å². The van der Waals surface area contributed by atoms with E-state index >= 15 is 0 Å². The predicted octanol–water partition coefficient (Wildman–Crippen LogP) is 3.44. The number of halogens is 1. The number of benzene rings is 1. The fraction of sp³-hybridized carbons (Fsp3) is 0.500. The molecule has 1 aromatic carbocycles. The van der Waals surface area contributed by atoms with Gasteiger partial charge in [-0.3, -0.25) is 0 Å². The van der Waals surface area contributed by atoms with Crippen LogP contribution in [0.4, 0.5) is 0 Å². The third-order valence-electron chi connectivity index (χ3n) is 2.44. The smallest absolute Gasteiger partial charge is 0.0666 e. The lowest BCUT2D eigenvalue weighted by Gasteiger charge is -2.25. The molecule has 78 valence electrons. The minimum Gasteiger partial charge on any atom is -0.0682 e. The molecule has 14 heavy (non-hydrogen) atoms. The second kappa shape index (κ2) is 4.19. The van der Waals surface area contributed by atoms with Crippen molar-refractivity contribution in [1.29, 1.82) is 0 Å². The molecule has 0 saturated heterocycles. The fourth-order valence-electron chi connectivity index (χ4n) is 1.78. The lowest BCUT2D eigenvalue weighted by molar-refractivity contribution is 0.593. The maximum Gasteiger partial charge on any atom is 0.0666 e. The highest BCUT2D eigenvalue weighted by Crippen LogP contribution is 2.23. The molecule has 0 atom stereocenters. The van der Waals surface area contributed by atoms with Crippen LogP contribution in [0.5, 0.6) is 0 Å². The Morgan fingerprint density at radius 3 is 2.07 bits per heavy atom. The third-order valence-corrected chi connectivity index (χ3v) is 5.33. The number of hydrogen-bond acceptors (Lipinski definition) is 0. The van der Waals surface area contributed by atoms with Crippen LogP contribution in [0.25, 0.3) is 0 Å². The monoisotopic (exact) mass is 270 g/mol. The van der Waals surface area contributed by atoms with E-state index in [1.165, 1.54) is 10.0 Å². The van der Waals surface area contributed by atoms with Crippen molar-refractivity contribution in [2.75, 3.05) is 0 Å². The zero-order chi connectivity index (χ0) is 10.9. The SMILES string of the molecule is C[SiH](C)c1c(Br)cccc1C(C)(C)C. The first-order valence-corrected chi connectivity index (χ1v) is 8.81. The molecule has 0 aliphatic heterocycles. The summed E-state index contributed by atoms with van der Waals surface area (Å²) in [7, 11) is -0.754. The van der Waals surface area contributed by atoms with Crippen molar-refractivity contribution in [2.24, 2.45) is 0 Å². The van der Waals surface area contributed by atoms with Crippen LogP contribution >= 0.6 is 15.9 Å². The van der Waals surface area contributed by atoms with E-state index in [0.29, 0.717) is 0 Å². The van der Waals surface area contributed by atoms with Crippen LogP contribution in [0.3, 0.4) is 0 Å². The van der Waals surface area contributed by atoms with E-state index in [-0.39, 0.29) is 5.41 Å². The molecule has 0 aliphatic rings. The summed E-state index contributed by atoms with van der Waals surface area (Å²) in [4.78, 5) is 0. The summed E-state index contributed by atoms with van der Waals surface area (Å²) in [5.41, 5.74) is 1.77. The van der Waals surface area contributed by atoms with Crippen LogP contribution < -0.4 is 5.19 Å². The Morgan fingerprint density at radius 2 is 1.71 bits per heavy atom. The molecule has 0 amide bonds. The maximum atomic E-state index is 3.67. The molecule has 0 radical (unpaired) electrons. The molecular formula is C12H19BrSi. The van der Waals surface area contributed by atoms with E-state index in [0.717, 1.165) is 0 Å². The van der Waals surface area contributed by atoms with Gasteiger partial charge in [-0.15, -0.1) is 0 Å². The molecule has 0 aromatic heterocycles. The Balaban J connectivity index is 3.36. The Labute approximate surface area is 97.5 Å². The molecule has 2 heteroatoms. The molecule has 0 nitrogen and oxygen atoms in total. The molecule has 1 aromatic rings. The Hall–Kier alpha value is -0.0831. The Morgan fingerprint density at radius 1 is 1.14 bits per heavy atom. The summed E-state index contributed by atoms with van der Waals surface area (Å²) in [6.45, 7) is 11.6. The average Bonchev–Trinajstić information content (AvgIpc) is 2.01. The van der Waals surface area contributed by atoms with E-state index in [4.69, 9.17) is 0 Å². The van der Waals surface area contributed by atoms with Gasteiger partial charge in [0.05, 0.1) is 8.80 Å². The molecule has 0 spiro atoms. The van der Waals surface area contributed by atoms with Crippen molar-refractivity contribution < 1.29 is 0 Å². The lowest BCUT2D eigenvalue weighted by Crippen LogP contribution is -2.33. The highest BCUT2D eigenvalue weighted by Gasteiger charge is 2.20. The largest absolute Gasteiger partial charge is 0.0682 e. The van der Waals surface area contributed by atoms with Crippen molar-refractivity contribution in [3.05, 3.63) is 28.2 Å². The summed E-state index contributed by atoms with van der Waals surface area (Å²) >= 11 is 3.67. The van der Waals surface area contributed by atoms with Gasteiger partial charge in [0.2, 0.25) is 0 Å². The van der Waals surface area contributed by atoms with E-state index in [2.05, 4.69) is 68.0 Å². The predicted molar refractivity (Wildman–Crippen MR) is 71.4 cm³/mol. The second-order valence-corrected chi connectivity index (χ2v) is 8.85. The van der Waals surface area contributed by atoms with E-state index < -0.39 is 8.80 Å². The minimum atomic E-state index is -0.754. The van der Waals surface area contributed by atoms with Gasteiger partial charge in [0, 0.05) is 4.47 Å². The van der Waals surface area contributed by atoms with Crippen molar-refractivity contribution in [2.45, 2.75) is 39.3 Å². The van der Waals surface area contributed by atoms with Crippen molar-refractivity contribution in [1.82, 2.24) is 0 Å². The molecule has 0 bridgehead atoms. The van der Waals surface area contributed by atoms with Crippen LogP contribution in [0, 0.1) is 0 Å². The topological polar surface area (TPSA) is 0 Å². The molecule has 0 aliphatic carbocycles. The highest BCUT2D eigenvalue weighted by atomic mass is 79.9. The van der Waals surface area contributed by atoms with Crippen molar-refractivity contribution in [3.63, 3.8) is 0 Å². The van der Waals surface area contributed by atoms with Crippen LogP contribution in [0.1, 0.15) is 26.3 Å². The molecule has 0 fully saturated rings. The van der Waals surface area contributed by atoms with E-state index in [1.807, 2.05) is 0 Å². The van der Waals surface area contributed by atoms with Gasteiger partial charge in [-0.1, -0.05) is 61.9 Å². The van der Waals surface area contributed by atoms with Crippen LogP contribution in [-0.2, 0) is 5.41 Å². The number of rotatable bonds is 1. The summed E-state index contributed by atoms with van der Waals surface area (Å²) in [5, 5.41) is 1.58. The molecule has 1 rings (SSSR count). The van der Waals surface area contributed by atoms with Gasteiger partial charge in [0.25, 0.3) is 0 Å². The molecular weight excluding hydrogens is 252 g/mol. The van der Waals surface area contributed by atoms with Gasteiger partial charge < -0.3 is 0 Å². The Kier molecular flexibility index (Phi) is 3.59. The van der Waals surface area contributed by atoms with Crippen molar-refractivity contribution in [3.8, 4) is 0 Å². The molecule has 0 heterocycles.